The number of hydrogen-bond donors (Lipinski definition) is 2. The summed E-state index contributed by atoms with van der Waals surface area (Å²) in [7, 11) is 1.58. The van der Waals surface area contributed by atoms with Gasteiger partial charge >= 0.3 is 0 Å². The summed E-state index contributed by atoms with van der Waals surface area (Å²) in [5.74, 6) is 0.229. The molecule has 2 N–H and O–H groups in total. The van der Waals surface area contributed by atoms with E-state index in [4.69, 9.17) is 0 Å². The molecule has 0 saturated heterocycles. The Labute approximate surface area is 100 Å². The van der Waals surface area contributed by atoms with Gasteiger partial charge in [0.15, 0.2) is 5.82 Å². The van der Waals surface area contributed by atoms with Gasteiger partial charge in [-0.1, -0.05) is 6.92 Å². The summed E-state index contributed by atoms with van der Waals surface area (Å²) in [4.78, 5) is 26.8. The molecule has 6 nitrogen and oxygen atoms in total. The molecule has 0 aromatic carbocycles. The van der Waals surface area contributed by atoms with E-state index in [1.807, 2.05) is 6.92 Å². The standard InChI is InChI=1S/C11H18N4O2/c1-3-7-15-8-6-14-10(11(15)17)13-5-4-9(16)12-2/h6,8H,3-5,7H2,1-2H3,(H,12,16)(H,13,14). The van der Waals surface area contributed by atoms with Gasteiger partial charge in [0.25, 0.3) is 5.56 Å². The van der Waals surface area contributed by atoms with Gasteiger partial charge in [-0.2, -0.15) is 0 Å². The highest BCUT2D eigenvalue weighted by molar-refractivity contribution is 5.75. The predicted octanol–water partition coefficient (Wildman–Crippen LogP) is 0.201. The number of nitrogens with zero attached hydrogens (tertiary/aromatic N) is 2. The summed E-state index contributed by atoms with van der Waals surface area (Å²) in [6.07, 6.45) is 4.46. The Bertz CT molecular complexity index is 428. The van der Waals surface area contributed by atoms with Crippen LogP contribution in [0.1, 0.15) is 19.8 Å². The van der Waals surface area contributed by atoms with Gasteiger partial charge in [-0.05, 0) is 6.42 Å². The van der Waals surface area contributed by atoms with Gasteiger partial charge < -0.3 is 15.2 Å². The third-order valence-electron chi connectivity index (χ3n) is 2.30. The van der Waals surface area contributed by atoms with Crippen LogP contribution in [0.4, 0.5) is 5.82 Å². The van der Waals surface area contributed by atoms with Gasteiger partial charge in [-0.25, -0.2) is 4.98 Å². The summed E-state index contributed by atoms with van der Waals surface area (Å²) in [6.45, 7) is 3.08. The molecular weight excluding hydrogens is 220 g/mol. The Morgan fingerprint density at radius 2 is 2.29 bits per heavy atom. The second-order valence-electron chi connectivity index (χ2n) is 3.62. The van der Waals surface area contributed by atoms with Gasteiger partial charge in [0.05, 0.1) is 0 Å². The summed E-state index contributed by atoms with van der Waals surface area (Å²) in [5, 5.41) is 5.39. The molecule has 0 fully saturated rings. The van der Waals surface area contributed by atoms with Gasteiger partial charge in [0.2, 0.25) is 5.91 Å². The lowest BCUT2D eigenvalue weighted by molar-refractivity contribution is -0.120. The van der Waals surface area contributed by atoms with Crippen LogP contribution in [-0.2, 0) is 11.3 Å². The molecule has 0 saturated carbocycles. The first-order chi connectivity index (χ1) is 8.19. The van der Waals surface area contributed by atoms with Crippen molar-refractivity contribution in [2.45, 2.75) is 26.3 Å². The van der Waals surface area contributed by atoms with E-state index >= 15 is 0 Å². The van der Waals surface area contributed by atoms with Crippen LogP contribution in [0, 0.1) is 0 Å². The number of rotatable bonds is 6. The normalized spacial score (nSPS) is 10.0. The second kappa shape index (κ2) is 6.67. The van der Waals surface area contributed by atoms with Crippen LogP contribution in [-0.4, -0.2) is 29.1 Å². The summed E-state index contributed by atoms with van der Waals surface area (Å²) in [5.41, 5.74) is -0.147. The van der Waals surface area contributed by atoms with E-state index in [1.165, 1.54) is 0 Å². The number of carbonyl (C=O) groups excluding carboxylic acids is 1. The lowest BCUT2D eigenvalue weighted by Gasteiger charge is -2.07. The molecule has 0 spiro atoms. The molecule has 0 unspecified atom stereocenters. The molecule has 1 amide bonds. The van der Waals surface area contributed by atoms with Gasteiger partial charge in [-0.3, -0.25) is 9.59 Å². The molecular formula is C11H18N4O2. The highest BCUT2D eigenvalue weighted by atomic mass is 16.1. The summed E-state index contributed by atoms with van der Waals surface area (Å²) in [6, 6.07) is 0. The van der Waals surface area contributed by atoms with Crippen molar-refractivity contribution in [3.8, 4) is 0 Å². The van der Waals surface area contributed by atoms with Crippen molar-refractivity contribution < 1.29 is 4.79 Å². The summed E-state index contributed by atoms with van der Waals surface area (Å²) < 4.78 is 1.61. The Morgan fingerprint density at radius 1 is 1.53 bits per heavy atom. The highest BCUT2D eigenvalue weighted by Gasteiger charge is 2.04. The molecule has 0 aliphatic rings. The minimum absolute atomic E-state index is 0.0673. The Balaban J connectivity index is 2.62. The van der Waals surface area contributed by atoms with E-state index in [0.29, 0.717) is 25.3 Å². The molecule has 6 heteroatoms. The number of anilines is 1. The first kappa shape index (κ1) is 13.2. The minimum atomic E-state index is -0.147. The lowest BCUT2D eigenvalue weighted by atomic mass is 10.4. The number of aromatic nitrogens is 2. The maximum absolute atomic E-state index is 11.8. The third-order valence-corrected chi connectivity index (χ3v) is 2.30. The van der Waals surface area contributed by atoms with Gasteiger partial charge in [-0.15, -0.1) is 0 Å². The molecule has 1 aromatic rings. The van der Waals surface area contributed by atoms with Crippen molar-refractivity contribution in [1.29, 1.82) is 0 Å². The molecule has 1 rings (SSSR count). The zero-order valence-electron chi connectivity index (χ0n) is 10.2. The first-order valence-electron chi connectivity index (χ1n) is 5.69. The average molecular weight is 238 g/mol. The molecule has 0 bridgehead atoms. The van der Waals surface area contributed by atoms with Crippen LogP contribution in [0.3, 0.4) is 0 Å². The molecule has 0 atom stereocenters. The predicted molar refractivity (Wildman–Crippen MR) is 66.0 cm³/mol. The van der Waals surface area contributed by atoms with Crippen molar-refractivity contribution >= 4 is 11.7 Å². The fourth-order valence-corrected chi connectivity index (χ4v) is 1.40. The molecule has 1 heterocycles. The van der Waals surface area contributed by atoms with Crippen molar-refractivity contribution in [2.24, 2.45) is 0 Å². The number of hydrogen-bond acceptors (Lipinski definition) is 4. The zero-order chi connectivity index (χ0) is 12.7. The molecule has 0 radical (unpaired) electrons. The first-order valence-corrected chi connectivity index (χ1v) is 5.69. The quantitative estimate of drug-likeness (QED) is 0.742. The maximum Gasteiger partial charge on any atom is 0.293 e. The van der Waals surface area contributed by atoms with Crippen molar-refractivity contribution in [3.05, 3.63) is 22.7 Å². The van der Waals surface area contributed by atoms with E-state index in [2.05, 4.69) is 15.6 Å². The van der Waals surface area contributed by atoms with E-state index < -0.39 is 0 Å². The minimum Gasteiger partial charge on any atom is -0.365 e. The van der Waals surface area contributed by atoms with Crippen LogP contribution in [0.25, 0.3) is 0 Å². The number of nitrogens with one attached hydrogen (secondary N) is 2. The van der Waals surface area contributed by atoms with E-state index in [0.717, 1.165) is 6.42 Å². The van der Waals surface area contributed by atoms with E-state index in [-0.39, 0.29) is 11.5 Å². The van der Waals surface area contributed by atoms with E-state index in [1.54, 1.807) is 24.0 Å². The van der Waals surface area contributed by atoms with Crippen LogP contribution in [0.5, 0.6) is 0 Å². The topological polar surface area (TPSA) is 76.0 Å². The Kier molecular flexibility index (Phi) is 5.19. The van der Waals surface area contributed by atoms with Crippen LogP contribution in [0.15, 0.2) is 17.2 Å². The van der Waals surface area contributed by atoms with E-state index in [9.17, 15) is 9.59 Å². The number of aryl methyl sites for hydroxylation is 1. The second-order valence-corrected chi connectivity index (χ2v) is 3.62. The summed E-state index contributed by atoms with van der Waals surface area (Å²) >= 11 is 0. The van der Waals surface area contributed by atoms with Crippen molar-refractivity contribution in [1.82, 2.24) is 14.9 Å². The smallest absolute Gasteiger partial charge is 0.293 e. The van der Waals surface area contributed by atoms with Crippen molar-refractivity contribution in [3.63, 3.8) is 0 Å². The van der Waals surface area contributed by atoms with Gasteiger partial charge in [0.1, 0.15) is 0 Å². The van der Waals surface area contributed by atoms with Crippen LogP contribution < -0.4 is 16.2 Å². The fraction of sp³-hybridized carbons (Fsp3) is 0.545. The van der Waals surface area contributed by atoms with Crippen LogP contribution in [0.2, 0.25) is 0 Å². The number of amides is 1. The Hall–Kier alpha value is -1.85. The van der Waals surface area contributed by atoms with Crippen molar-refractivity contribution in [2.75, 3.05) is 18.9 Å². The molecule has 17 heavy (non-hydrogen) atoms. The SMILES string of the molecule is CCCn1ccnc(NCCC(=O)NC)c1=O. The van der Waals surface area contributed by atoms with Crippen LogP contribution >= 0.6 is 0 Å². The monoisotopic (exact) mass is 238 g/mol. The van der Waals surface area contributed by atoms with Gasteiger partial charge in [0, 0.05) is 39.0 Å². The zero-order valence-corrected chi connectivity index (χ0v) is 10.2. The molecule has 0 aliphatic heterocycles. The fourth-order valence-electron chi connectivity index (χ4n) is 1.40. The molecule has 0 aliphatic carbocycles. The highest BCUT2D eigenvalue weighted by Crippen LogP contribution is 1.94. The average Bonchev–Trinajstić information content (AvgIpc) is 2.33. The maximum atomic E-state index is 11.8. The third kappa shape index (κ3) is 3.90. The number of carbonyl (C=O) groups is 1. The molecule has 94 valence electrons. The lowest BCUT2D eigenvalue weighted by Crippen LogP contribution is -2.26. The molecule has 1 aromatic heterocycles. The Morgan fingerprint density at radius 3 is 2.94 bits per heavy atom. The largest absolute Gasteiger partial charge is 0.365 e.